The van der Waals surface area contributed by atoms with Gasteiger partial charge in [0.1, 0.15) is 11.6 Å². The van der Waals surface area contributed by atoms with Crippen molar-refractivity contribution < 1.29 is 8.78 Å². The predicted octanol–water partition coefficient (Wildman–Crippen LogP) is 3.40. The normalized spacial score (nSPS) is 18.2. The fourth-order valence-electron chi connectivity index (χ4n) is 2.24. The number of hydrogen-bond donors (Lipinski definition) is 1. The van der Waals surface area contributed by atoms with E-state index in [1.54, 1.807) is 0 Å². The molecule has 1 saturated carbocycles. The summed E-state index contributed by atoms with van der Waals surface area (Å²) in [6.45, 7) is 0.498. The Morgan fingerprint density at radius 2 is 2.00 bits per heavy atom. The molecule has 1 aliphatic carbocycles. The van der Waals surface area contributed by atoms with Crippen LogP contribution >= 0.6 is 15.9 Å². The second-order valence-corrected chi connectivity index (χ2v) is 5.41. The molecule has 0 unspecified atom stereocenters. The summed E-state index contributed by atoms with van der Waals surface area (Å²) in [6.07, 6.45) is 3.44. The summed E-state index contributed by atoms with van der Waals surface area (Å²) in [5.41, 5.74) is 5.78. The van der Waals surface area contributed by atoms with Crippen molar-refractivity contribution in [2.24, 2.45) is 11.1 Å². The fraction of sp³-hybridized carbons (Fsp3) is 0.500. The monoisotopic (exact) mass is 289 g/mol. The fourth-order valence-corrected chi connectivity index (χ4v) is 2.61. The Bertz CT molecular complexity index is 397. The maximum atomic E-state index is 13.8. The summed E-state index contributed by atoms with van der Waals surface area (Å²) in [5, 5.41) is 0. The molecule has 4 heteroatoms. The number of nitrogens with two attached hydrogens (primary N) is 1. The molecule has 1 nitrogen and oxygen atoms in total. The van der Waals surface area contributed by atoms with E-state index in [-0.39, 0.29) is 11.0 Å². The third kappa shape index (κ3) is 2.00. The zero-order valence-electron chi connectivity index (χ0n) is 8.90. The van der Waals surface area contributed by atoms with E-state index in [2.05, 4.69) is 15.9 Å². The molecule has 0 spiro atoms. The van der Waals surface area contributed by atoms with Crippen molar-refractivity contribution in [2.75, 3.05) is 6.54 Å². The number of halogens is 3. The highest BCUT2D eigenvalue weighted by Crippen LogP contribution is 2.43. The highest BCUT2D eigenvalue weighted by molar-refractivity contribution is 9.10. The average molecular weight is 290 g/mol. The molecule has 0 amide bonds. The minimum atomic E-state index is -0.486. The lowest BCUT2D eigenvalue weighted by atomic mass is 9.65. The van der Waals surface area contributed by atoms with E-state index in [9.17, 15) is 8.78 Å². The van der Waals surface area contributed by atoms with Gasteiger partial charge in [0.05, 0.1) is 4.47 Å². The lowest BCUT2D eigenvalue weighted by Crippen LogP contribution is -2.39. The molecule has 88 valence electrons. The molecule has 1 aromatic carbocycles. The van der Waals surface area contributed by atoms with Crippen molar-refractivity contribution in [1.29, 1.82) is 0 Å². The molecule has 0 atom stereocenters. The van der Waals surface area contributed by atoms with Crippen LogP contribution in [0.5, 0.6) is 0 Å². The number of hydrogen-bond acceptors (Lipinski definition) is 1. The molecule has 2 N–H and O–H groups in total. The van der Waals surface area contributed by atoms with Gasteiger partial charge in [-0.2, -0.15) is 0 Å². The molecule has 0 bridgehead atoms. The lowest BCUT2D eigenvalue weighted by molar-refractivity contribution is 0.141. The molecular weight excluding hydrogens is 276 g/mol. The van der Waals surface area contributed by atoms with Gasteiger partial charge in [-0.05, 0) is 59.3 Å². The first-order valence-electron chi connectivity index (χ1n) is 5.40. The summed E-state index contributed by atoms with van der Waals surface area (Å²) in [6, 6.07) is 2.69. The van der Waals surface area contributed by atoms with Crippen LogP contribution in [0.1, 0.15) is 24.8 Å². The Balaban J connectivity index is 2.30. The number of rotatable bonds is 3. The summed E-state index contributed by atoms with van der Waals surface area (Å²) >= 11 is 3.08. The first-order chi connectivity index (χ1) is 7.58. The van der Waals surface area contributed by atoms with Crippen molar-refractivity contribution in [3.05, 3.63) is 33.8 Å². The van der Waals surface area contributed by atoms with Crippen molar-refractivity contribution in [2.45, 2.75) is 25.7 Å². The van der Waals surface area contributed by atoms with Gasteiger partial charge in [-0.1, -0.05) is 6.42 Å². The van der Waals surface area contributed by atoms with Crippen molar-refractivity contribution in [1.82, 2.24) is 0 Å². The zero-order valence-corrected chi connectivity index (χ0v) is 10.5. The molecule has 1 aliphatic rings. The zero-order chi connectivity index (χ0) is 11.8. The lowest BCUT2D eigenvalue weighted by Gasteiger charge is -2.41. The van der Waals surface area contributed by atoms with Crippen LogP contribution in [0.15, 0.2) is 16.6 Å². The van der Waals surface area contributed by atoms with Gasteiger partial charge in [-0.3, -0.25) is 0 Å². The molecule has 1 fully saturated rings. The molecule has 2 rings (SSSR count). The second-order valence-electron chi connectivity index (χ2n) is 4.56. The second kappa shape index (κ2) is 4.41. The summed E-state index contributed by atoms with van der Waals surface area (Å²) in [7, 11) is 0. The van der Waals surface area contributed by atoms with Crippen LogP contribution in [-0.4, -0.2) is 6.54 Å². The highest BCUT2D eigenvalue weighted by Gasteiger charge is 2.37. The minimum absolute atomic E-state index is 0.0809. The van der Waals surface area contributed by atoms with E-state index in [0.717, 1.165) is 19.3 Å². The first kappa shape index (κ1) is 12.0. The van der Waals surface area contributed by atoms with Crippen LogP contribution in [0, 0.1) is 17.0 Å². The molecule has 0 aliphatic heterocycles. The molecule has 0 aromatic heterocycles. The highest BCUT2D eigenvalue weighted by atomic mass is 79.9. The Kier molecular flexibility index (Phi) is 3.31. The molecular formula is C12H14BrF2N. The molecule has 0 saturated heterocycles. The van der Waals surface area contributed by atoms with E-state index in [1.807, 2.05) is 0 Å². The van der Waals surface area contributed by atoms with E-state index in [4.69, 9.17) is 5.73 Å². The van der Waals surface area contributed by atoms with Crippen LogP contribution in [0.25, 0.3) is 0 Å². The maximum Gasteiger partial charge on any atom is 0.143 e. The van der Waals surface area contributed by atoms with E-state index in [0.29, 0.717) is 17.4 Å². The van der Waals surface area contributed by atoms with E-state index >= 15 is 0 Å². The van der Waals surface area contributed by atoms with Gasteiger partial charge in [-0.15, -0.1) is 0 Å². The standard InChI is InChI=1S/C12H14BrF2N/c13-9-2-3-10(14)8(11(9)15)6-12(7-16)4-1-5-12/h2-3H,1,4-7,16H2. The van der Waals surface area contributed by atoms with Gasteiger partial charge >= 0.3 is 0 Å². The Morgan fingerprint density at radius 3 is 2.50 bits per heavy atom. The van der Waals surface area contributed by atoms with Gasteiger partial charge in [-0.25, -0.2) is 8.78 Å². The van der Waals surface area contributed by atoms with Gasteiger partial charge in [0, 0.05) is 5.56 Å². The molecule has 0 heterocycles. The third-order valence-corrected chi connectivity index (χ3v) is 4.15. The Hall–Kier alpha value is -0.480. The van der Waals surface area contributed by atoms with E-state index in [1.165, 1.54) is 12.1 Å². The third-order valence-electron chi connectivity index (χ3n) is 3.54. The SMILES string of the molecule is NCC1(Cc2c(F)ccc(Br)c2F)CCC1. The van der Waals surface area contributed by atoms with Crippen molar-refractivity contribution in [3.8, 4) is 0 Å². The summed E-state index contributed by atoms with van der Waals surface area (Å²) in [4.78, 5) is 0. The van der Waals surface area contributed by atoms with Crippen LogP contribution in [0.3, 0.4) is 0 Å². The van der Waals surface area contributed by atoms with E-state index < -0.39 is 11.6 Å². The van der Waals surface area contributed by atoms with Crippen LogP contribution in [0.2, 0.25) is 0 Å². The molecule has 16 heavy (non-hydrogen) atoms. The largest absolute Gasteiger partial charge is 0.330 e. The average Bonchev–Trinajstić information content (AvgIpc) is 2.22. The Labute approximate surface area is 102 Å². The van der Waals surface area contributed by atoms with Crippen molar-refractivity contribution >= 4 is 15.9 Å². The maximum absolute atomic E-state index is 13.8. The molecule has 1 aromatic rings. The number of benzene rings is 1. The van der Waals surface area contributed by atoms with Crippen LogP contribution < -0.4 is 5.73 Å². The van der Waals surface area contributed by atoms with Gasteiger partial charge in [0.15, 0.2) is 0 Å². The van der Waals surface area contributed by atoms with Crippen LogP contribution in [-0.2, 0) is 6.42 Å². The van der Waals surface area contributed by atoms with Gasteiger partial charge < -0.3 is 5.73 Å². The van der Waals surface area contributed by atoms with Gasteiger partial charge in [0.2, 0.25) is 0 Å². The minimum Gasteiger partial charge on any atom is -0.330 e. The predicted molar refractivity (Wildman–Crippen MR) is 63.1 cm³/mol. The topological polar surface area (TPSA) is 26.0 Å². The van der Waals surface area contributed by atoms with Gasteiger partial charge in [0.25, 0.3) is 0 Å². The Morgan fingerprint density at radius 1 is 1.31 bits per heavy atom. The summed E-state index contributed by atoms with van der Waals surface area (Å²) < 4.78 is 27.6. The smallest absolute Gasteiger partial charge is 0.143 e. The quantitative estimate of drug-likeness (QED) is 0.848. The first-order valence-corrected chi connectivity index (χ1v) is 6.20. The van der Waals surface area contributed by atoms with Crippen molar-refractivity contribution in [3.63, 3.8) is 0 Å². The van der Waals surface area contributed by atoms with Crippen LogP contribution in [0.4, 0.5) is 8.78 Å². The summed E-state index contributed by atoms with van der Waals surface area (Å²) in [5.74, 6) is -0.958. The molecule has 0 radical (unpaired) electrons.